The van der Waals surface area contributed by atoms with Gasteiger partial charge in [-0.2, -0.15) is 0 Å². The second kappa shape index (κ2) is 4.76. The van der Waals surface area contributed by atoms with Crippen LogP contribution in [0.15, 0.2) is 0 Å². The summed E-state index contributed by atoms with van der Waals surface area (Å²) in [7, 11) is 1.40. The van der Waals surface area contributed by atoms with E-state index >= 15 is 0 Å². The molecule has 0 unspecified atom stereocenters. The zero-order valence-electron chi connectivity index (χ0n) is 11.4. The van der Waals surface area contributed by atoms with E-state index in [-0.39, 0.29) is 11.6 Å². The number of rotatable bonds is 3. The van der Waals surface area contributed by atoms with Crippen LogP contribution in [0.1, 0.15) is 28.4 Å². The number of methoxy groups -OCH3 is 1. The lowest BCUT2D eigenvalue weighted by Crippen LogP contribution is -2.47. The number of thiazole rings is 1. The Morgan fingerprint density at radius 1 is 1.58 bits per heavy atom. The first-order valence-corrected chi connectivity index (χ1v) is 7.47. The van der Waals surface area contributed by atoms with Crippen LogP contribution in [0.25, 0.3) is 0 Å². The maximum atomic E-state index is 11.2. The van der Waals surface area contributed by atoms with Gasteiger partial charge >= 0.3 is 6.09 Å². The van der Waals surface area contributed by atoms with Crippen LogP contribution >= 0.6 is 11.3 Å². The highest BCUT2D eigenvalue weighted by Crippen LogP contribution is 2.44. The summed E-state index contributed by atoms with van der Waals surface area (Å²) in [6.07, 6.45) is 3.01. The van der Waals surface area contributed by atoms with E-state index in [1.165, 1.54) is 17.7 Å². The van der Waals surface area contributed by atoms with Crippen LogP contribution in [0.4, 0.5) is 4.79 Å². The van der Waals surface area contributed by atoms with Gasteiger partial charge in [-0.1, -0.05) is 0 Å². The number of nitrogens with zero attached hydrogens (tertiary/aromatic N) is 2. The number of hydrogen-bond donors (Lipinski definition) is 1. The summed E-state index contributed by atoms with van der Waals surface area (Å²) in [5, 5.41) is 4.00. The molecule has 1 fully saturated rings. The van der Waals surface area contributed by atoms with Crippen molar-refractivity contribution >= 4 is 17.4 Å². The Morgan fingerprint density at radius 3 is 3.05 bits per heavy atom. The minimum Gasteiger partial charge on any atom is -0.453 e. The summed E-state index contributed by atoms with van der Waals surface area (Å²) < 4.78 is 4.64. The van der Waals surface area contributed by atoms with E-state index < -0.39 is 0 Å². The van der Waals surface area contributed by atoms with Crippen LogP contribution in [0, 0.1) is 6.92 Å². The van der Waals surface area contributed by atoms with E-state index in [2.05, 4.69) is 26.9 Å². The Balaban J connectivity index is 1.65. The lowest BCUT2D eigenvalue weighted by atomic mass is 10.1. The van der Waals surface area contributed by atoms with Gasteiger partial charge in [0.2, 0.25) is 0 Å². The Kier molecular flexibility index (Phi) is 3.22. The summed E-state index contributed by atoms with van der Waals surface area (Å²) in [6.45, 7) is 4.77. The summed E-state index contributed by atoms with van der Waals surface area (Å²) >= 11 is 1.80. The highest BCUT2D eigenvalue weighted by molar-refractivity contribution is 7.11. The molecule has 0 atom stereocenters. The first-order chi connectivity index (χ1) is 9.13. The van der Waals surface area contributed by atoms with Gasteiger partial charge in [0.15, 0.2) is 0 Å². The fourth-order valence-electron chi connectivity index (χ4n) is 2.79. The van der Waals surface area contributed by atoms with Gasteiger partial charge in [-0.05, 0) is 19.8 Å². The smallest absolute Gasteiger partial charge is 0.406 e. The number of carbonyl (C=O) groups is 1. The second-order valence-corrected chi connectivity index (χ2v) is 6.63. The zero-order valence-corrected chi connectivity index (χ0v) is 12.2. The zero-order chi connectivity index (χ0) is 13.5. The quantitative estimate of drug-likeness (QED) is 0.916. The molecule has 0 spiro atoms. The molecule has 1 aliphatic heterocycles. The molecule has 19 heavy (non-hydrogen) atoms. The number of hydrogen-bond acceptors (Lipinski definition) is 5. The number of fused-ring (bicyclic) bond motifs is 1. The van der Waals surface area contributed by atoms with Crippen LogP contribution in [0.3, 0.4) is 0 Å². The Morgan fingerprint density at radius 2 is 2.37 bits per heavy atom. The molecule has 1 amide bonds. The van der Waals surface area contributed by atoms with Gasteiger partial charge in [0.25, 0.3) is 0 Å². The van der Waals surface area contributed by atoms with Crippen molar-refractivity contribution in [3.05, 3.63) is 15.6 Å². The summed E-state index contributed by atoms with van der Waals surface area (Å²) in [5.41, 5.74) is 1.43. The topological polar surface area (TPSA) is 54.5 Å². The van der Waals surface area contributed by atoms with E-state index in [9.17, 15) is 4.79 Å². The number of aryl methyl sites for hydroxylation is 1. The van der Waals surface area contributed by atoms with Crippen LogP contribution in [-0.2, 0) is 17.7 Å². The predicted molar refractivity (Wildman–Crippen MR) is 73.3 cm³/mol. The summed E-state index contributed by atoms with van der Waals surface area (Å²) in [4.78, 5) is 19.7. The molecule has 0 saturated heterocycles. The fraction of sp³-hybridized carbons (Fsp3) is 0.692. The van der Waals surface area contributed by atoms with Crippen molar-refractivity contribution in [2.45, 2.75) is 38.3 Å². The Bertz CT molecular complexity index is 496. The molecule has 2 aliphatic rings. The minimum absolute atomic E-state index is 0.157. The van der Waals surface area contributed by atoms with E-state index in [1.54, 1.807) is 11.3 Å². The maximum Gasteiger partial charge on any atom is 0.406 e. The predicted octanol–water partition coefficient (Wildman–Crippen LogP) is 1.70. The number of nitrogens with one attached hydrogen (secondary N) is 1. The number of amides is 1. The molecule has 104 valence electrons. The number of alkyl carbamates (subject to hydrolysis) is 1. The van der Waals surface area contributed by atoms with E-state index in [1.807, 2.05) is 0 Å². The molecular formula is C13H19N3O2S. The van der Waals surface area contributed by atoms with Gasteiger partial charge in [-0.3, -0.25) is 4.90 Å². The van der Waals surface area contributed by atoms with E-state index in [4.69, 9.17) is 0 Å². The standard InChI is InChI=1S/C13H19N3O2S/c1-9-15-10-3-6-16(7-11(10)19-9)13(4-5-13)8-14-12(17)18-2/h3-8H2,1-2H3,(H,14,17). The molecule has 5 nitrogen and oxygen atoms in total. The number of aromatic nitrogens is 1. The molecule has 0 bridgehead atoms. The molecule has 1 saturated carbocycles. The van der Waals surface area contributed by atoms with Gasteiger partial charge in [-0.15, -0.1) is 11.3 Å². The van der Waals surface area contributed by atoms with Gasteiger partial charge in [0, 0.05) is 36.5 Å². The van der Waals surface area contributed by atoms with Crippen molar-refractivity contribution < 1.29 is 9.53 Å². The normalized spacial score (nSPS) is 20.7. The molecule has 1 aromatic heterocycles. The monoisotopic (exact) mass is 281 g/mol. The van der Waals surface area contributed by atoms with E-state index in [0.29, 0.717) is 6.54 Å². The molecular weight excluding hydrogens is 262 g/mol. The average Bonchev–Trinajstić information content (AvgIpc) is 3.10. The van der Waals surface area contributed by atoms with Crippen LogP contribution in [0.2, 0.25) is 0 Å². The van der Waals surface area contributed by atoms with Gasteiger partial charge in [0.05, 0.1) is 17.8 Å². The van der Waals surface area contributed by atoms with Crippen LogP contribution < -0.4 is 5.32 Å². The molecule has 1 N–H and O–H groups in total. The Hall–Kier alpha value is -1.14. The minimum atomic E-state index is -0.336. The van der Waals surface area contributed by atoms with E-state index in [0.717, 1.165) is 37.4 Å². The molecule has 3 rings (SSSR count). The molecule has 1 aromatic rings. The number of carbonyl (C=O) groups excluding carboxylic acids is 1. The van der Waals surface area contributed by atoms with Crippen molar-refractivity contribution in [2.75, 3.05) is 20.2 Å². The molecule has 0 aromatic carbocycles. The number of ether oxygens (including phenoxy) is 1. The third-order valence-corrected chi connectivity index (χ3v) is 5.08. The average molecular weight is 281 g/mol. The van der Waals surface area contributed by atoms with Crippen molar-refractivity contribution in [1.82, 2.24) is 15.2 Å². The molecule has 0 radical (unpaired) electrons. The van der Waals surface area contributed by atoms with Crippen LogP contribution in [0.5, 0.6) is 0 Å². The molecule has 1 aliphatic carbocycles. The molecule has 6 heteroatoms. The van der Waals surface area contributed by atoms with Gasteiger partial charge in [-0.25, -0.2) is 9.78 Å². The first-order valence-electron chi connectivity index (χ1n) is 6.65. The third-order valence-electron chi connectivity index (χ3n) is 4.08. The maximum absolute atomic E-state index is 11.2. The van der Waals surface area contributed by atoms with Crippen molar-refractivity contribution in [1.29, 1.82) is 0 Å². The van der Waals surface area contributed by atoms with Crippen molar-refractivity contribution in [3.63, 3.8) is 0 Å². The summed E-state index contributed by atoms with van der Waals surface area (Å²) in [5.74, 6) is 0. The van der Waals surface area contributed by atoms with Crippen molar-refractivity contribution in [3.8, 4) is 0 Å². The third kappa shape index (κ3) is 2.47. The highest BCUT2D eigenvalue weighted by atomic mass is 32.1. The molecule has 2 heterocycles. The highest BCUT2D eigenvalue weighted by Gasteiger charge is 2.49. The largest absolute Gasteiger partial charge is 0.453 e. The summed E-state index contributed by atoms with van der Waals surface area (Å²) in [6, 6.07) is 0. The van der Waals surface area contributed by atoms with Crippen LogP contribution in [-0.4, -0.2) is 41.7 Å². The lowest BCUT2D eigenvalue weighted by Gasteiger charge is -2.34. The first kappa shape index (κ1) is 12.9. The van der Waals surface area contributed by atoms with Crippen molar-refractivity contribution in [2.24, 2.45) is 0 Å². The SMILES string of the molecule is COC(=O)NCC1(N2CCc3nc(C)sc3C2)CC1. The Labute approximate surface area is 117 Å². The van der Waals surface area contributed by atoms with Gasteiger partial charge < -0.3 is 10.1 Å². The fourth-order valence-corrected chi connectivity index (χ4v) is 3.79. The second-order valence-electron chi connectivity index (χ2n) is 5.34. The van der Waals surface area contributed by atoms with Gasteiger partial charge in [0.1, 0.15) is 0 Å². The lowest BCUT2D eigenvalue weighted by molar-refractivity contribution is 0.141.